The number of anilines is 1. The number of nitrogens with zero attached hydrogens (tertiary/aromatic N) is 1. The number of imide groups is 1. The summed E-state index contributed by atoms with van der Waals surface area (Å²) in [4.78, 5) is 35.9. The number of hydrogen-bond donors (Lipinski definition) is 1. The van der Waals surface area contributed by atoms with Gasteiger partial charge in [-0.15, -0.1) is 11.8 Å². The quantitative estimate of drug-likeness (QED) is 0.628. The number of carbonyl (C=O) groups excluding carboxylic acids is 3. The second-order valence-corrected chi connectivity index (χ2v) is 5.28. The van der Waals surface area contributed by atoms with Crippen LogP contribution in [0, 0.1) is 0 Å². The van der Waals surface area contributed by atoms with E-state index in [2.05, 4.69) is 0 Å². The summed E-state index contributed by atoms with van der Waals surface area (Å²) < 4.78 is 0. The number of thioether (sulfide) groups is 1. The van der Waals surface area contributed by atoms with Gasteiger partial charge in [0.1, 0.15) is 0 Å². The van der Waals surface area contributed by atoms with Crippen molar-refractivity contribution in [2.24, 2.45) is 5.73 Å². The van der Waals surface area contributed by atoms with E-state index in [1.807, 2.05) is 12.1 Å². The van der Waals surface area contributed by atoms with Crippen molar-refractivity contribution >= 4 is 35.5 Å². The molecule has 0 saturated carbocycles. The lowest BCUT2D eigenvalue weighted by Gasteiger charge is -2.29. The lowest BCUT2D eigenvalue weighted by atomic mass is 10.1. The fourth-order valence-corrected chi connectivity index (χ4v) is 2.79. The topological polar surface area (TPSA) is 80.5 Å². The summed E-state index contributed by atoms with van der Waals surface area (Å²) >= 11 is 1.37. The number of benzene rings is 1. The summed E-state index contributed by atoms with van der Waals surface area (Å²) in [6.07, 6.45) is 0.152. The van der Waals surface area contributed by atoms with Crippen molar-refractivity contribution in [3.63, 3.8) is 0 Å². The Balaban J connectivity index is 2.56. The highest BCUT2D eigenvalue weighted by atomic mass is 32.2. The van der Waals surface area contributed by atoms with Crippen molar-refractivity contribution in [3.8, 4) is 0 Å². The van der Waals surface area contributed by atoms with E-state index in [-0.39, 0.29) is 17.4 Å². The van der Waals surface area contributed by atoms with E-state index in [1.54, 1.807) is 13.0 Å². The normalized spacial score (nSPS) is 18.4. The summed E-state index contributed by atoms with van der Waals surface area (Å²) in [5.41, 5.74) is 6.79. The van der Waals surface area contributed by atoms with Crippen LogP contribution in [0.2, 0.25) is 0 Å². The molecule has 0 fully saturated rings. The van der Waals surface area contributed by atoms with Gasteiger partial charge in [0.25, 0.3) is 5.91 Å². The number of aldehydes is 1. The Labute approximate surface area is 108 Å². The first-order chi connectivity index (χ1) is 8.58. The molecule has 0 radical (unpaired) electrons. The summed E-state index contributed by atoms with van der Waals surface area (Å²) in [5, 5.41) is -0.384. The minimum Gasteiger partial charge on any atom is -0.326 e. The molecule has 2 N–H and O–H groups in total. The second-order valence-electron chi connectivity index (χ2n) is 3.90. The first-order valence-electron chi connectivity index (χ1n) is 5.41. The van der Waals surface area contributed by atoms with Crippen molar-refractivity contribution in [1.82, 2.24) is 0 Å². The zero-order valence-corrected chi connectivity index (χ0v) is 10.6. The van der Waals surface area contributed by atoms with Gasteiger partial charge in [-0.2, -0.15) is 0 Å². The summed E-state index contributed by atoms with van der Waals surface area (Å²) in [6.45, 7) is 2.02. The molecule has 0 aromatic heterocycles. The molecule has 94 valence electrons. The van der Waals surface area contributed by atoms with E-state index in [0.717, 1.165) is 15.4 Å². The Kier molecular flexibility index (Phi) is 3.49. The molecular formula is C12H12N2O3S. The van der Waals surface area contributed by atoms with E-state index < -0.39 is 5.91 Å². The molecule has 6 heteroatoms. The summed E-state index contributed by atoms with van der Waals surface area (Å²) in [5.74, 6) is -1.22. The molecular weight excluding hydrogens is 252 g/mol. The van der Waals surface area contributed by atoms with E-state index in [1.165, 1.54) is 11.8 Å². The van der Waals surface area contributed by atoms with Gasteiger partial charge >= 0.3 is 0 Å². The van der Waals surface area contributed by atoms with Gasteiger partial charge < -0.3 is 5.73 Å². The standard InChI is InChI=1S/C12H12N2O3S/c1-7-12(17)14(11(16)6-15)9-4-8(5-13)2-3-10(9)18-7/h2-4,6-7H,5,13H2,1H3. The van der Waals surface area contributed by atoms with E-state index >= 15 is 0 Å². The highest BCUT2D eigenvalue weighted by Crippen LogP contribution is 2.39. The summed E-state index contributed by atoms with van der Waals surface area (Å²) in [7, 11) is 0. The third-order valence-electron chi connectivity index (χ3n) is 2.69. The van der Waals surface area contributed by atoms with Crippen LogP contribution >= 0.6 is 11.8 Å². The minimum absolute atomic E-state index is 0.152. The van der Waals surface area contributed by atoms with Gasteiger partial charge in [0, 0.05) is 11.4 Å². The van der Waals surface area contributed by atoms with E-state index in [4.69, 9.17) is 5.73 Å². The van der Waals surface area contributed by atoms with Crippen molar-refractivity contribution in [2.45, 2.75) is 23.6 Å². The highest BCUT2D eigenvalue weighted by Gasteiger charge is 2.34. The van der Waals surface area contributed by atoms with Gasteiger partial charge in [0.15, 0.2) is 0 Å². The molecule has 1 unspecified atom stereocenters. The Morgan fingerprint density at radius 1 is 1.56 bits per heavy atom. The third-order valence-corrected chi connectivity index (χ3v) is 3.85. The lowest BCUT2D eigenvalue weighted by molar-refractivity contribution is -0.133. The molecule has 0 bridgehead atoms. The van der Waals surface area contributed by atoms with E-state index in [9.17, 15) is 14.4 Å². The zero-order valence-electron chi connectivity index (χ0n) is 9.75. The summed E-state index contributed by atoms with van der Waals surface area (Å²) in [6, 6.07) is 5.33. The van der Waals surface area contributed by atoms with Gasteiger partial charge in [-0.1, -0.05) is 6.07 Å². The molecule has 1 atom stereocenters. The largest absolute Gasteiger partial charge is 0.326 e. The van der Waals surface area contributed by atoms with Crippen LogP contribution in [0.15, 0.2) is 23.1 Å². The van der Waals surface area contributed by atoms with Crippen LogP contribution in [0.5, 0.6) is 0 Å². The molecule has 2 amide bonds. The fourth-order valence-electron chi connectivity index (χ4n) is 1.79. The number of fused-ring (bicyclic) bond motifs is 1. The van der Waals surface area contributed by atoms with Gasteiger partial charge in [-0.05, 0) is 24.6 Å². The molecule has 0 saturated heterocycles. The molecule has 1 aliphatic rings. The smallest absolute Gasteiger partial charge is 0.297 e. The zero-order chi connectivity index (χ0) is 13.3. The van der Waals surface area contributed by atoms with Crippen LogP contribution in [0.25, 0.3) is 0 Å². The third kappa shape index (κ3) is 2.04. The maximum atomic E-state index is 12.0. The first kappa shape index (κ1) is 12.8. The minimum atomic E-state index is -0.845. The predicted molar refractivity (Wildman–Crippen MR) is 68.2 cm³/mol. The van der Waals surface area contributed by atoms with Crippen LogP contribution in [-0.2, 0) is 20.9 Å². The molecule has 1 heterocycles. The van der Waals surface area contributed by atoms with Crippen molar-refractivity contribution in [1.29, 1.82) is 0 Å². The van der Waals surface area contributed by atoms with Crippen LogP contribution in [0.3, 0.4) is 0 Å². The van der Waals surface area contributed by atoms with Gasteiger partial charge in [0.2, 0.25) is 12.2 Å². The maximum Gasteiger partial charge on any atom is 0.297 e. The lowest BCUT2D eigenvalue weighted by Crippen LogP contribution is -2.44. The Morgan fingerprint density at radius 2 is 2.28 bits per heavy atom. The van der Waals surface area contributed by atoms with Gasteiger partial charge in [-0.25, -0.2) is 4.90 Å². The number of carbonyl (C=O) groups is 3. The van der Waals surface area contributed by atoms with Gasteiger partial charge in [0.05, 0.1) is 10.9 Å². The molecule has 5 nitrogen and oxygen atoms in total. The molecule has 2 rings (SSSR count). The fraction of sp³-hybridized carbons (Fsp3) is 0.250. The predicted octanol–water partition coefficient (Wildman–Crippen LogP) is 0.698. The molecule has 0 aliphatic carbocycles. The van der Waals surface area contributed by atoms with Gasteiger partial charge in [-0.3, -0.25) is 14.4 Å². The SMILES string of the molecule is CC1Sc2ccc(CN)cc2N(C(=O)C=O)C1=O. The second kappa shape index (κ2) is 4.91. The number of rotatable bonds is 2. The Bertz CT molecular complexity index is 530. The number of amides is 2. The monoisotopic (exact) mass is 264 g/mol. The molecule has 0 spiro atoms. The van der Waals surface area contributed by atoms with Crippen LogP contribution in [0.1, 0.15) is 12.5 Å². The average Bonchev–Trinajstić information content (AvgIpc) is 2.39. The molecule has 1 aromatic rings. The highest BCUT2D eigenvalue weighted by molar-refractivity contribution is 8.01. The molecule has 1 aromatic carbocycles. The van der Waals surface area contributed by atoms with Crippen LogP contribution in [-0.4, -0.2) is 23.4 Å². The van der Waals surface area contributed by atoms with Crippen LogP contribution < -0.4 is 10.6 Å². The molecule has 1 aliphatic heterocycles. The van der Waals surface area contributed by atoms with Crippen molar-refractivity contribution < 1.29 is 14.4 Å². The van der Waals surface area contributed by atoms with Crippen molar-refractivity contribution in [3.05, 3.63) is 23.8 Å². The average molecular weight is 264 g/mol. The maximum absolute atomic E-state index is 12.0. The molecule has 18 heavy (non-hydrogen) atoms. The van der Waals surface area contributed by atoms with E-state index in [0.29, 0.717) is 12.2 Å². The number of hydrogen-bond acceptors (Lipinski definition) is 5. The Hall–Kier alpha value is -1.66. The number of nitrogens with two attached hydrogens (primary N) is 1. The van der Waals surface area contributed by atoms with Crippen LogP contribution in [0.4, 0.5) is 5.69 Å². The first-order valence-corrected chi connectivity index (χ1v) is 6.29. The van der Waals surface area contributed by atoms with Crippen molar-refractivity contribution in [2.75, 3.05) is 4.90 Å². The Morgan fingerprint density at radius 3 is 2.89 bits per heavy atom.